The summed E-state index contributed by atoms with van der Waals surface area (Å²) in [6.45, 7) is 6.45. The third-order valence-electron chi connectivity index (χ3n) is 2.64. The lowest BCUT2D eigenvalue weighted by atomic mass is 10.2. The van der Waals surface area contributed by atoms with E-state index in [4.69, 9.17) is 4.74 Å². The highest BCUT2D eigenvalue weighted by Gasteiger charge is 2.25. The van der Waals surface area contributed by atoms with E-state index < -0.39 is 0 Å². The van der Waals surface area contributed by atoms with E-state index in [0.29, 0.717) is 6.61 Å². The SMILES string of the molecule is CCOC(=O)C(CC)N1CCCSCC1. The molecule has 1 aliphatic heterocycles. The zero-order valence-corrected chi connectivity index (χ0v) is 10.5. The molecule has 0 amide bonds. The zero-order chi connectivity index (χ0) is 11.1. The Morgan fingerprint density at radius 1 is 1.40 bits per heavy atom. The number of carbonyl (C=O) groups excluding carboxylic acids is 1. The van der Waals surface area contributed by atoms with E-state index in [1.165, 1.54) is 12.2 Å². The first kappa shape index (κ1) is 12.8. The van der Waals surface area contributed by atoms with Gasteiger partial charge in [0, 0.05) is 12.3 Å². The van der Waals surface area contributed by atoms with Crippen LogP contribution in [-0.4, -0.2) is 48.1 Å². The Kier molecular flexibility index (Phi) is 6.10. The molecule has 1 rings (SSSR count). The summed E-state index contributed by atoms with van der Waals surface area (Å²) < 4.78 is 5.10. The third-order valence-corrected chi connectivity index (χ3v) is 3.69. The van der Waals surface area contributed by atoms with Crippen molar-refractivity contribution in [3.8, 4) is 0 Å². The quantitative estimate of drug-likeness (QED) is 0.690. The van der Waals surface area contributed by atoms with Gasteiger partial charge >= 0.3 is 5.97 Å². The van der Waals surface area contributed by atoms with E-state index >= 15 is 0 Å². The molecule has 0 aliphatic carbocycles. The Balaban J connectivity index is 2.51. The number of hydrogen-bond donors (Lipinski definition) is 0. The third kappa shape index (κ3) is 4.03. The smallest absolute Gasteiger partial charge is 0.323 e. The summed E-state index contributed by atoms with van der Waals surface area (Å²) in [4.78, 5) is 14.0. The molecule has 0 radical (unpaired) electrons. The molecular formula is C11H21NO2S. The number of carbonyl (C=O) groups is 1. The van der Waals surface area contributed by atoms with Crippen molar-refractivity contribution in [3.05, 3.63) is 0 Å². The Morgan fingerprint density at radius 2 is 2.20 bits per heavy atom. The molecule has 88 valence electrons. The van der Waals surface area contributed by atoms with Gasteiger partial charge in [0.05, 0.1) is 6.61 Å². The summed E-state index contributed by atoms with van der Waals surface area (Å²) >= 11 is 1.98. The summed E-state index contributed by atoms with van der Waals surface area (Å²) in [5.74, 6) is 2.30. The fraction of sp³-hybridized carbons (Fsp3) is 0.909. The first-order valence-corrected chi connectivity index (χ1v) is 6.93. The van der Waals surface area contributed by atoms with Crippen LogP contribution < -0.4 is 0 Å². The molecule has 3 nitrogen and oxygen atoms in total. The van der Waals surface area contributed by atoms with Crippen LogP contribution in [0.4, 0.5) is 0 Å². The average molecular weight is 231 g/mol. The molecule has 1 atom stereocenters. The van der Waals surface area contributed by atoms with Crippen molar-refractivity contribution in [3.63, 3.8) is 0 Å². The molecule has 0 spiro atoms. The normalized spacial score (nSPS) is 20.7. The predicted molar refractivity (Wildman–Crippen MR) is 64.2 cm³/mol. The Morgan fingerprint density at radius 3 is 2.87 bits per heavy atom. The van der Waals surface area contributed by atoms with E-state index in [2.05, 4.69) is 11.8 Å². The molecule has 1 saturated heterocycles. The molecular weight excluding hydrogens is 210 g/mol. The van der Waals surface area contributed by atoms with Gasteiger partial charge in [0.15, 0.2) is 0 Å². The van der Waals surface area contributed by atoms with E-state index in [1.54, 1.807) is 0 Å². The summed E-state index contributed by atoms with van der Waals surface area (Å²) in [5, 5.41) is 0. The minimum atomic E-state index is -0.0492. The molecule has 1 aliphatic rings. The standard InChI is InChI=1S/C11H21NO2S/c1-3-10(11(13)14-4-2)12-6-5-8-15-9-7-12/h10H,3-9H2,1-2H3. The van der Waals surface area contributed by atoms with E-state index in [9.17, 15) is 4.79 Å². The molecule has 0 N–H and O–H groups in total. The second-order valence-corrected chi connectivity index (χ2v) is 4.90. The van der Waals surface area contributed by atoms with Gasteiger partial charge in [0.1, 0.15) is 6.04 Å². The zero-order valence-electron chi connectivity index (χ0n) is 9.70. The van der Waals surface area contributed by atoms with Crippen LogP contribution in [-0.2, 0) is 9.53 Å². The maximum atomic E-state index is 11.7. The lowest BCUT2D eigenvalue weighted by Crippen LogP contribution is -2.43. The molecule has 15 heavy (non-hydrogen) atoms. The summed E-state index contributed by atoms with van der Waals surface area (Å²) in [5.41, 5.74) is 0. The van der Waals surface area contributed by atoms with Gasteiger partial charge in [0.25, 0.3) is 0 Å². The maximum absolute atomic E-state index is 11.7. The van der Waals surface area contributed by atoms with Crippen LogP contribution in [0.1, 0.15) is 26.7 Å². The van der Waals surface area contributed by atoms with Gasteiger partial charge in [-0.1, -0.05) is 6.92 Å². The highest BCUT2D eigenvalue weighted by molar-refractivity contribution is 7.99. The molecule has 1 fully saturated rings. The lowest BCUT2D eigenvalue weighted by molar-refractivity contribution is -0.149. The summed E-state index contributed by atoms with van der Waals surface area (Å²) in [6.07, 6.45) is 2.03. The maximum Gasteiger partial charge on any atom is 0.323 e. The van der Waals surface area contributed by atoms with Crippen molar-refractivity contribution in [1.82, 2.24) is 4.90 Å². The van der Waals surface area contributed by atoms with E-state index in [1.807, 2.05) is 18.7 Å². The second kappa shape index (κ2) is 7.12. The fourth-order valence-electron chi connectivity index (χ4n) is 1.89. The van der Waals surface area contributed by atoms with Crippen molar-refractivity contribution in [2.75, 3.05) is 31.2 Å². The minimum Gasteiger partial charge on any atom is -0.465 e. The number of rotatable bonds is 4. The number of ether oxygens (including phenoxy) is 1. The Bertz CT molecular complexity index is 191. The van der Waals surface area contributed by atoms with Crippen LogP contribution >= 0.6 is 11.8 Å². The first-order chi connectivity index (χ1) is 7.29. The predicted octanol–water partition coefficient (Wildman–Crippen LogP) is 1.77. The summed E-state index contributed by atoms with van der Waals surface area (Å²) in [7, 11) is 0. The minimum absolute atomic E-state index is 0.0244. The lowest BCUT2D eigenvalue weighted by Gasteiger charge is -2.27. The van der Waals surface area contributed by atoms with Crippen LogP contribution in [0.25, 0.3) is 0 Å². The van der Waals surface area contributed by atoms with Crippen LogP contribution in [0.15, 0.2) is 0 Å². The van der Waals surface area contributed by atoms with Gasteiger partial charge in [-0.05, 0) is 32.1 Å². The molecule has 0 aromatic rings. The topological polar surface area (TPSA) is 29.5 Å². The van der Waals surface area contributed by atoms with Crippen molar-refractivity contribution in [2.45, 2.75) is 32.7 Å². The van der Waals surface area contributed by atoms with E-state index in [-0.39, 0.29) is 12.0 Å². The molecule has 1 unspecified atom stereocenters. The van der Waals surface area contributed by atoms with Crippen molar-refractivity contribution < 1.29 is 9.53 Å². The highest BCUT2D eigenvalue weighted by Crippen LogP contribution is 2.15. The largest absolute Gasteiger partial charge is 0.465 e. The Hall–Kier alpha value is -0.220. The van der Waals surface area contributed by atoms with Crippen LogP contribution in [0.3, 0.4) is 0 Å². The van der Waals surface area contributed by atoms with Crippen molar-refractivity contribution in [2.24, 2.45) is 0 Å². The molecule has 1 heterocycles. The van der Waals surface area contributed by atoms with E-state index in [0.717, 1.165) is 25.3 Å². The molecule has 4 heteroatoms. The van der Waals surface area contributed by atoms with Crippen molar-refractivity contribution >= 4 is 17.7 Å². The first-order valence-electron chi connectivity index (χ1n) is 5.78. The fourth-order valence-corrected chi connectivity index (χ4v) is 2.79. The van der Waals surface area contributed by atoms with Crippen LogP contribution in [0.2, 0.25) is 0 Å². The average Bonchev–Trinajstić information content (AvgIpc) is 2.48. The molecule has 0 aromatic carbocycles. The molecule has 0 bridgehead atoms. The number of thioether (sulfide) groups is 1. The van der Waals surface area contributed by atoms with Gasteiger partial charge in [-0.25, -0.2) is 0 Å². The monoisotopic (exact) mass is 231 g/mol. The van der Waals surface area contributed by atoms with Gasteiger partial charge < -0.3 is 4.74 Å². The number of hydrogen-bond acceptors (Lipinski definition) is 4. The van der Waals surface area contributed by atoms with Gasteiger partial charge in [0.2, 0.25) is 0 Å². The van der Waals surface area contributed by atoms with Gasteiger partial charge in [-0.2, -0.15) is 11.8 Å². The second-order valence-electron chi connectivity index (χ2n) is 3.68. The van der Waals surface area contributed by atoms with Crippen molar-refractivity contribution in [1.29, 1.82) is 0 Å². The van der Waals surface area contributed by atoms with Crippen LogP contribution in [0, 0.1) is 0 Å². The number of esters is 1. The highest BCUT2D eigenvalue weighted by atomic mass is 32.2. The van der Waals surface area contributed by atoms with Gasteiger partial charge in [-0.15, -0.1) is 0 Å². The number of nitrogens with zero attached hydrogens (tertiary/aromatic N) is 1. The van der Waals surface area contributed by atoms with Gasteiger partial charge in [-0.3, -0.25) is 9.69 Å². The Labute approximate surface area is 96.5 Å². The van der Waals surface area contributed by atoms with Crippen LogP contribution in [0.5, 0.6) is 0 Å². The summed E-state index contributed by atoms with van der Waals surface area (Å²) in [6, 6.07) is -0.0244. The molecule has 0 aromatic heterocycles. The molecule has 0 saturated carbocycles.